The van der Waals surface area contributed by atoms with Gasteiger partial charge in [-0.1, -0.05) is 60.7 Å². The summed E-state index contributed by atoms with van der Waals surface area (Å²) >= 11 is 0. The lowest BCUT2D eigenvalue weighted by atomic mass is 10.0. The summed E-state index contributed by atoms with van der Waals surface area (Å²) in [6, 6.07) is 21.6. The van der Waals surface area contributed by atoms with Crippen LogP contribution in [-0.2, 0) is 17.8 Å². The molecule has 1 aliphatic carbocycles. The van der Waals surface area contributed by atoms with Gasteiger partial charge in [-0.05, 0) is 28.8 Å². The number of fused-ring (bicyclic) bond motifs is 3. The highest BCUT2D eigenvalue weighted by Gasteiger charge is 2.27. The minimum absolute atomic E-state index is 0.0156. The molecule has 1 heterocycles. The van der Waals surface area contributed by atoms with Crippen molar-refractivity contribution in [2.24, 2.45) is 0 Å². The second-order valence-corrected chi connectivity index (χ2v) is 8.56. The van der Waals surface area contributed by atoms with Crippen LogP contribution in [0.1, 0.15) is 31.8 Å². The van der Waals surface area contributed by atoms with Crippen molar-refractivity contribution >= 4 is 23.2 Å². The Morgan fingerprint density at radius 2 is 1.59 bits per heavy atom. The van der Waals surface area contributed by atoms with Crippen LogP contribution in [0.15, 0.2) is 82.4 Å². The van der Waals surface area contributed by atoms with Crippen LogP contribution >= 0.6 is 0 Å². The number of anilines is 2. The van der Waals surface area contributed by atoms with Gasteiger partial charge in [-0.3, -0.25) is 23.9 Å². The molecule has 0 spiro atoms. The molecule has 1 aromatic heterocycles. The lowest BCUT2D eigenvalue weighted by molar-refractivity contribution is 0.102. The van der Waals surface area contributed by atoms with Crippen molar-refractivity contribution in [3.63, 3.8) is 0 Å². The van der Waals surface area contributed by atoms with E-state index in [9.17, 15) is 19.2 Å². The van der Waals surface area contributed by atoms with Gasteiger partial charge >= 0.3 is 5.69 Å². The van der Waals surface area contributed by atoms with E-state index in [1.807, 2.05) is 42.5 Å². The average Bonchev–Trinajstić information content (AvgIpc) is 3.20. The van der Waals surface area contributed by atoms with Crippen LogP contribution in [0.2, 0.25) is 0 Å². The number of H-pyrrole nitrogens is 1. The number of rotatable bonds is 8. The Morgan fingerprint density at radius 3 is 2.35 bits per heavy atom. The van der Waals surface area contributed by atoms with Crippen LogP contribution < -0.4 is 21.9 Å². The number of carbonyl (C=O) groups is 2. The summed E-state index contributed by atoms with van der Waals surface area (Å²) in [5, 5.41) is 5.77. The van der Waals surface area contributed by atoms with Crippen LogP contribution in [0.3, 0.4) is 0 Å². The first-order chi connectivity index (χ1) is 18.0. The monoisotopic (exact) mass is 496 g/mol. The third kappa shape index (κ3) is 4.60. The van der Waals surface area contributed by atoms with Crippen molar-refractivity contribution in [3.05, 3.63) is 116 Å². The van der Waals surface area contributed by atoms with Crippen LogP contribution in [0, 0.1) is 0 Å². The molecular weight excluding hydrogens is 472 g/mol. The Labute approximate surface area is 211 Å². The van der Waals surface area contributed by atoms with Crippen molar-refractivity contribution in [1.29, 1.82) is 0 Å². The van der Waals surface area contributed by atoms with Crippen molar-refractivity contribution < 1.29 is 14.3 Å². The van der Waals surface area contributed by atoms with Gasteiger partial charge in [-0.15, -0.1) is 0 Å². The van der Waals surface area contributed by atoms with Gasteiger partial charge in [-0.25, -0.2) is 4.79 Å². The predicted molar refractivity (Wildman–Crippen MR) is 140 cm³/mol. The standard InChI is InChI=1S/C28H24N4O5/c1-37-14-13-32-25(23(27(35)31-28(32)36)29-16-17-7-3-2-4-8-17)30-26(34)18-11-12-20-19-9-5-6-10-21(19)24(33)22(20)15-18/h2-12,15,29H,13-14,16H2,1H3,(H,30,34)(H,31,35,36). The zero-order valence-electron chi connectivity index (χ0n) is 20.0. The van der Waals surface area contributed by atoms with E-state index in [4.69, 9.17) is 4.74 Å². The first kappa shape index (κ1) is 24.0. The van der Waals surface area contributed by atoms with Gasteiger partial charge in [0.1, 0.15) is 11.5 Å². The lowest BCUT2D eigenvalue weighted by Gasteiger charge is -2.18. The van der Waals surface area contributed by atoms with Gasteiger partial charge in [0.2, 0.25) is 0 Å². The minimum atomic E-state index is -0.679. The maximum Gasteiger partial charge on any atom is 0.330 e. The molecule has 0 atom stereocenters. The maximum atomic E-state index is 13.4. The van der Waals surface area contributed by atoms with E-state index in [0.717, 1.165) is 16.7 Å². The molecule has 3 N–H and O–H groups in total. The number of ketones is 1. The molecule has 37 heavy (non-hydrogen) atoms. The second kappa shape index (κ2) is 10.1. The molecule has 0 saturated heterocycles. The normalized spacial score (nSPS) is 11.6. The fraction of sp³-hybridized carbons (Fsp3) is 0.143. The van der Waals surface area contributed by atoms with Gasteiger partial charge in [0.05, 0.1) is 13.2 Å². The van der Waals surface area contributed by atoms with E-state index < -0.39 is 17.2 Å². The topological polar surface area (TPSA) is 122 Å². The molecule has 5 rings (SSSR count). The highest BCUT2D eigenvalue weighted by Crippen LogP contribution is 2.36. The lowest BCUT2D eigenvalue weighted by Crippen LogP contribution is -2.36. The van der Waals surface area contributed by atoms with Gasteiger partial charge in [0.15, 0.2) is 5.78 Å². The van der Waals surface area contributed by atoms with Gasteiger partial charge < -0.3 is 15.4 Å². The predicted octanol–water partition coefficient (Wildman–Crippen LogP) is 3.26. The molecule has 1 aliphatic rings. The van der Waals surface area contributed by atoms with E-state index in [2.05, 4.69) is 15.6 Å². The molecule has 0 unspecified atom stereocenters. The summed E-state index contributed by atoms with van der Waals surface area (Å²) < 4.78 is 6.36. The summed E-state index contributed by atoms with van der Waals surface area (Å²) in [5.74, 6) is -0.703. The SMILES string of the molecule is COCCn1c(NC(=O)c2ccc3c(c2)C(=O)c2ccccc2-3)c(NCc2ccccc2)c(=O)[nH]c1=O. The van der Waals surface area contributed by atoms with Crippen molar-refractivity contribution in [3.8, 4) is 11.1 Å². The number of aromatic nitrogens is 2. The van der Waals surface area contributed by atoms with Gasteiger partial charge in [0.25, 0.3) is 11.5 Å². The van der Waals surface area contributed by atoms with E-state index in [0.29, 0.717) is 17.7 Å². The second-order valence-electron chi connectivity index (χ2n) is 8.56. The summed E-state index contributed by atoms with van der Waals surface area (Å²) in [6.45, 7) is 0.569. The third-order valence-electron chi connectivity index (χ3n) is 6.25. The number of hydrogen-bond acceptors (Lipinski definition) is 6. The zero-order chi connectivity index (χ0) is 25.9. The molecule has 3 aromatic carbocycles. The molecule has 4 aromatic rings. The fourth-order valence-corrected chi connectivity index (χ4v) is 4.40. The van der Waals surface area contributed by atoms with E-state index in [1.165, 1.54) is 17.7 Å². The zero-order valence-corrected chi connectivity index (χ0v) is 20.0. The first-order valence-electron chi connectivity index (χ1n) is 11.7. The number of hydrogen-bond donors (Lipinski definition) is 3. The van der Waals surface area contributed by atoms with E-state index >= 15 is 0 Å². The van der Waals surface area contributed by atoms with E-state index in [-0.39, 0.29) is 36.0 Å². The third-order valence-corrected chi connectivity index (χ3v) is 6.25. The highest BCUT2D eigenvalue weighted by atomic mass is 16.5. The molecule has 9 heteroatoms. The van der Waals surface area contributed by atoms with E-state index in [1.54, 1.807) is 24.3 Å². The molecule has 0 aliphatic heterocycles. The number of carbonyl (C=O) groups excluding carboxylic acids is 2. The number of nitrogens with one attached hydrogen (secondary N) is 3. The number of methoxy groups -OCH3 is 1. The molecule has 186 valence electrons. The Kier molecular flexibility index (Phi) is 6.53. The van der Waals surface area contributed by atoms with Crippen molar-refractivity contribution in [2.45, 2.75) is 13.1 Å². The first-order valence-corrected chi connectivity index (χ1v) is 11.7. The number of nitrogens with zero attached hydrogens (tertiary/aromatic N) is 1. The number of amides is 1. The highest BCUT2D eigenvalue weighted by molar-refractivity contribution is 6.22. The van der Waals surface area contributed by atoms with Crippen molar-refractivity contribution in [1.82, 2.24) is 9.55 Å². The largest absolute Gasteiger partial charge is 0.383 e. The smallest absolute Gasteiger partial charge is 0.330 e. The molecule has 0 fully saturated rings. The summed E-state index contributed by atoms with van der Waals surface area (Å²) in [6.07, 6.45) is 0. The van der Waals surface area contributed by atoms with Crippen LogP contribution in [0.5, 0.6) is 0 Å². The summed E-state index contributed by atoms with van der Waals surface area (Å²) in [4.78, 5) is 54.0. The van der Waals surface area contributed by atoms with Crippen LogP contribution in [0.25, 0.3) is 11.1 Å². The number of ether oxygens (including phenoxy) is 1. The Balaban J connectivity index is 1.50. The fourth-order valence-electron chi connectivity index (χ4n) is 4.40. The average molecular weight is 497 g/mol. The van der Waals surface area contributed by atoms with Crippen LogP contribution in [-0.4, -0.2) is 35.0 Å². The molecule has 9 nitrogen and oxygen atoms in total. The molecule has 0 saturated carbocycles. The Bertz CT molecular complexity index is 1620. The molecule has 0 bridgehead atoms. The summed E-state index contributed by atoms with van der Waals surface area (Å²) in [7, 11) is 1.49. The minimum Gasteiger partial charge on any atom is -0.383 e. The number of aromatic amines is 1. The quantitative estimate of drug-likeness (QED) is 0.303. The molecule has 1 amide bonds. The van der Waals surface area contributed by atoms with Gasteiger partial charge in [-0.2, -0.15) is 0 Å². The van der Waals surface area contributed by atoms with Crippen molar-refractivity contribution in [2.75, 3.05) is 24.4 Å². The Hall–Kier alpha value is -4.76. The van der Waals surface area contributed by atoms with Crippen LogP contribution in [0.4, 0.5) is 11.5 Å². The molecular formula is C28H24N4O5. The Morgan fingerprint density at radius 1 is 0.892 bits per heavy atom. The maximum absolute atomic E-state index is 13.4. The molecule has 0 radical (unpaired) electrons. The number of benzene rings is 3. The van der Waals surface area contributed by atoms with Gasteiger partial charge in [0, 0.05) is 30.3 Å². The summed E-state index contributed by atoms with van der Waals surface area (Å²) in [5.41, 5.74) is 2.43.